The molecule has 0 aliphatic carbocycles. The molecule has 1 heterocycles. The molecule has 0 bridgehead atoms. The molecule has 0 radical (unpaired) electrons. The average Bonchev–Trinajstić information content (AvgIpc) is 2.54. The molecular formula is C18H29BO2. The summed E-state index contributed by atoms with van der Waals surface area (Å²) in [7, 11) is -0.173. The zero-order valence-corrected chi connectivity index (χ0v) is 13.6. The Bertz CT molecular complexity index is 382. The highest BCUT2D eigenvalue weighted by atomic mass is 16.6. The summed E-state index contributed by atoms with van der Waals surface area (Å²) in [6.07, 6.45) is 10.4. The first kappa shape index (κ1) is 16.6. The van der Waals surface area contributed by atoms with Crippen molar-refractivity contribution in [1.29, 1.82) is 0 Å². The Kier molecular flexibility index (Phi) is 7.32. The fourth-order valence-corrected chi connectivity index (χ4v) is 2.98. The van der Waals surface area contributed by atoms with Crippen molar-refractivity contribution >= 4 is 12.6 Å². The predicted molar refractivity (Wildman–Crippen MR) is 89.9 cm³/mol. The summed E-state index contributed by atoms with van der Waals surface area (Å²) in [5, 5.41) is 0. The maximum atomic E-state index is 6.21. The Morgan fingerprint density at radius 1 is 0.905 bits per heavy atom. The van der Waals surface area contributed by atoms with Crippen LogP contribution in [0.3, 0.4) is 0 Å². The van der Waals surface area contributed by atoms with Crippen LogP contribution >= 0.6 is 0 Å². The summed E-state index contributed by atoms with van der Waals surface area (Å²) in [6, 6.07) is 10.4. The molecule has 0 saturated carbocycles. The highest BCUT2D eigenvalue weighted by Crippen LogP contribution is 2.24. The second-order valence-corrected chi connectivity index (χ2v) is 6.13. The zero-order chi connectivity index (χ0) is 14.9. The maximum Gasteiger partial charge on any atom is 0.494 e. The monoisotopic (exact) mass is 288 g/mol. The molecule has 1 aromatic rings. The van der Waals surface area contributed by atoms with Gasteiger partial charge < -0.3 is 9.31 Å². The van der Waals surface area contributed by atoms with Crippen LogP contribution in [0.2, 0.25) is 0 Å². The van der Waals surface area contributed by atoms with Gasteiger partial charge in [-0.3, -0.25) is 0 Å². The molecule has 2 nitrogen and oxygen atoms in total. The SMILES string of the molecule is CCCCC[C@@H]1C[C@H](CCCC)OB(c2ccccc2)O1. The van der Waals surface area contributed by atoms with Crippen molar-refractivity contribution in [2.45, 2.75) is 77.4 Å². The molecule has 0 aromatic heterocycles. The van der Waals surface area contributed by atoms with Crippen LogP contribution in [0.1, 0.15) is 65.2 Å². The van der Waals surface area contributed by atoms with E-state index < -0.39 is 0 Å². The van der Waals surface area contributed by atoms with Crippen molar-refractivity contribution in [2.24, 2.45) is 0 Å². The quantitative estimate of drug-likeness (QED) is 0.523. The summed E-state index contributed by atoms with van der Waals surface area (Å²) in [6.45, 7) is 4.49. The van der Waals surface area contributed by atoms with Crippen molar-refractivity contribution in [3.8, 4) is 0 Å². The van der Waals surface area contributed by atoms with E-state index >= 15 is 0 Å². The van der Waals surface area contributed by atoms with Crippen LogP contribution in [-0.2, 0) is 9.31 Å². The third kappa shape index (κ3) is 5.48. The molecule has 0 unspecified atom stereocenters. The van der Waals surface area contributed by atoms with E-state index in [0.717, 1.165) is 18.3 Å². The van der Waals surface area contributed by atoms with Gasteiger partial charge in [-0.25, -0.2) is 0 Å². The van der Waals surface area contributed by atoms with Crippen molar-refractivity contribution in [3.63, 3.8) is 0 Å². The second-order valence-electron chi connectivity index (χ2n) is 6.13. The van der Waals surface area contributed by atoms with Crippen molar-refractivity contribution in [1.82, 2.24) is 0 Å². The first-order valence-electron chi connectivity index (χ1n) is 8.69. The first-order chi connectivity index (χ1) is 10.3. The van der Waals surface area contributed by atoms with E-state index in [9.17, 15) is 0 Å². The molecule has 1 aliphatic heterocycles. The molecule has 1 aromatic carbocycles. The van der Waals surface area contributed by atoms with Gasteiger partial charge in [-0.2, -0.15) is 0 Å². The van der Waals surface area contributed by atoms with Crippen molar-refractivity contribution < 1.29 is 9.31 Å². The molecule has 2 atom stereocenters. The van der Waals surface area contributed by atoms with Crippen molar-refractivity contribution in [3.05, 3.63) is 30.3 Å². The fourth-order valence-electron chi connectivity index (χ4n) is 2.98. The van der Waals surface area contributed by atoms with Gasteiger partial charge in [0.15, 0.2) is 0 Å². The van der Waals surface area contributed by atoms with Gasteiger partial charge in [0, 0.05) is 12.2 Å². The van der Waals surface area contributed by atoms with E-state index in [1.165, 1.54) is 38.5 Å². The number of hydrogen-bond donors (Lipinski definition) is 0. The highest BCUT2D eigenvalue weighted by molar-refractivity contribution is 6.61. The van der Waals surface area contributed by atoms with Crippen LogP contribution in [0.5, 0.6) is 0 Å². The lowest BCUT2D eigenvalue weighted by atomic mass is 9.76. The Balaban J connectivity index is 1.96. The number of benzene rings is 1. The molecule has 0 spiro atoms. The van der Waals surface area contributed by atoms with Crippen LogP contribution in [-0.4, -0.2) is 19.3 Å². The second kappa shape index (κ2) is 9.27. The normalized spacial score (nSPS) is 22.5. The summed E-state index contributed by atoms with van der Waals surface area (Å²) in [5.74, 6) is 0. The Morgan fingerprint density at radius 3 is 2.14 bits per heavy atom. The lowest BCUT2D eigenvalue weighted by molar-refractivity contribution is 0.0133. The average molecular weight is 288 g/mol. The van der Waals surface area contributed by atoms with Crippen LogP contribution in [0.25, 0.3) is 0 Å². The molecule has 3 heteroatoms. The zero-order valence-electron chi connectivity index (χ0n) is 13.6. The molecule has 2 rings (SSSR count). The van der Waals surface area contributed by atoms with Gasteiger partial charge in [0.05, 0.1) is 0 Å². The number of unbranched alkanes of at least 4 members (excludes halogenated alkanes) is 3. The molecule has 1 saturated heterocycles. The van der Waals surface area contributed by atoms with Crippen molar-refractivity contribution in [2.75, 3.05) is 0 Å². The van der Waals surface area contributed by atoms with Gasteiger partial charge >= 0.3 is 7.12 Å². The van der Waals surface area contributed by atoms with Crippen LogP contribution in [0.15, 0.2) is 30.3 Å². The van der Waals surface area contributed by atoms with E-state index in [0.29, 0.717) is 12.2 Å². The minimum absolute atomic E-state index is 0.173. The molecular weight excluding hydrogens is 259 g/mol. The lowest BCUT2D eigenvalue weighted by Crippen LogP contribution is -2.48. The highest BCUT2D eigenvalue weighted by Gasteiger charge is 2.34. The van der Waals surface area contributed by atoms with Gasteiger partial charge in [-0.1, -0.05) is 76.3 Å². The summed E-state index contributed by atoms with van der Waals surface area (Å²) in [4.78, 5) is 0. The first-order valence-corrected chi connectivity index (χ1v) is 8.69. The smallest absolute Gasteiger partial charge is 0.404 e. The van der Waals surface area contributed by atoms with Crippen LogP contribution < -0.4 is 5.46 Å². The van der Waals surface area contributed by atoms with Gasteiger partial charge in [0.25, 0.3) is 0 Å². The van der Waals surface area contributed by atoms with Crippen LogP contribution in [0, 0.1) is 0 Å². The standard InChI is InChI=1S/C18H29BO2/c1-3-5-8-14-18-15-17(13-6-4-2)20-19(21-18)16-11-9-7-10-12-16/h7,9-12,17-18H,3-6,8,13-15H2,1-2H3/t17-,18+/m0/s1. The predicted octanol–water partition coefficient (Wildman–Crippen LogP) is 4.33. The van der Waals surface area contributed by atoms with Gasteiger partial charge in [-0.05, 0) is 24.7 Å². The molecule has 21 heavy (non-hydrogen) atoms. The molecule has 0 N–H and O–H groups in total. The molecule has 1 aliphatic rings. The van der Waals surface area contributed by atoms with E-state index in [-0.39, 0.29) is 7.12 Å². The van der Waals surface area contributed by atoms with Gasteiger partial charge in [-0.15, -0.1) is 0 Å². The number of hydrogen-bond acceptors (Lipinski definition) is 2. The van der Waals surface area contributed by atoms with Gasteiger partial charge in [0.2, 0.25) is 0 Å². The van der Waals surface area contributed by atoms with E-state index in [1.807, 2.05) is 6.07 Å². The third-order valence-electron chi connectivity index (χ3n) is 4.24. The molecule has 116 valence electrons. The molecule has 1 fully saturated rings. The van der Waals surface area contributed by atoms with Crippen LogP contribution in [0.4, 0.5) is 0 Å². The van der Waals surface area contributed by atoms with E-state index in [1.54, 1.807) is 0 Å². The fraction of sp³-hybridized carbons (Fsp3) is 0.667. The largest absolute Gasteiger partial charge is 0.494 e. The Hall–Kier alpha value is -0.795. The van der Waals surface area contributed by atoms with E-state index in [2.05, 4.69) is 38.1 Å². The molecule has 0 amide bonds. The summed E-state index contributed by atoms with van der Waals surface area (Å²) >= 11 is 0. The lowest BCUT2D eigenvalue weighted by Gasteiger charge is -2.34. The third-order valence-corrected chi connectivity index (χ3v) is 4.24. The Morgan fingerprint density at radius 2 is 1.52 bits per heavy atom. The topological polar surface area (TPSA) is 18.5 Å². The van der Waals surface area contributed by atoms with Gasteiger partial charge in [0.1, 0.15) is 0 Å². The van der Waals surface area contributed by atoms with E-state index in [4.69, 9.17) is 9.31 Å². The Labute approximate surface area is 130 Å². The minimum Gasteiger partial charge on any atom is -0.404 e. The minimum atomic E-state index is -0.173. The maximum absolute atomic E-state index is 6.21. The number of rotatable bonds is 8. The summed E-state index contributed by atoms with van der Waals surface area (Å²) in [5.41, 5.74) is 1.15. The summed E-state index contributed by atoms with van der Waals surface area (Å²) < 4.78 is 12.4.